The van der Waals surface area contributed by atoms with Gasteiger partial charge in [0, 0.05) is 22.2 Å². The van der Waals surface area contributed by atoms with Crippen LogP contribution in [0.1, 0.15) is 22.0 Å². The highest BCUT2D eigenvalue weighted by Crippen LogP contribution is 2.28. The molecule has 4 aromatic rings. The molecular weight excluding hydrogens is 364 g/mol. The number of aryl methyl sites for hydroxylation is 1. The molecule has 0 spiro atoms. The number of rotatable bonds is 4. The monoisotopic (exact) mass is 382 g/mol. The van der Waals surface area contributed by atoms with Gasteiger partial charge in [-0.25, -0.2) is 9.67 Å². The van der Waals surface area contributed by atoms with Crippen LogP contribution in [-0.4, -0.2) is 14.8 Å². The molecule has 0 saturated carbocycles. The van der Waals surface area contributed by atoms with E-state index < -0.39 is 0 Å². The van der Waals surface area contributed by atoms with Gasteiger partial charge in [0.1, 0.15) is 11.1 Å². The summed E-state index contributed by atoms with van der Waals surface area (Å²) in [6.45, 7) is 3.98. The fourth-order valence-corrected chi connectivity index (χ4v) is 3.90. The van der Waals surface area contributed by atoms with Crippen molar-refractivity contribution in [3.63, 3.8) is 0 Å². The minimum Gasteiger partial charge on any atom is -0.237 e. The number of hydrogen-bond donors (Lipinski definition) is 0. The van der Waals surface area contributed by atoms with Crippen LogP contribution in [0.5, 0.6) is 0 Å². The fourth-order valence-electron chi connectivity index (χ4n) is 3.11. The number of thiazole rings is 1. The first-order valence-corrected chi connectivity index (χ1v) is 9.80. The van der Waals surface area contributed by atoms with Crippen LogP contribution in [0.15, 0.2) is 66.0 Å². The molecular formula is C23H18N4S. The lowest BCUT2D eigenvalue weighted by atomic mass is 10.1. The molecule has 0 amide bonds. The predicted molar refractivity (Wildman–Crippen MR) is 114 cm³/mol. The normalized spacial score (nSPS) is 11.4. The van der Waals surface area contributed by atoms with Gasteiger partial charge in [-0.15, -0.1) is 11.3 Å². The van der Waals surface area contributed by atoms with E-state index in [2.05, 4.69) is 16.2 Å². The van der Waals surface area contributed by atoms with E-state index in [1.165, 1.54) is 11.3 Å². The third-order valence-corrected chi connectivity index (χ3v) is 5.44. The second-order valence-corrected chi connectivity index (χ2v) is 7.26. The Morgan fingerprint density at radius 2 is 1.71 bits per heavy atom. The summed E-state index contributed by atoms with van der Waals surface area (Å²) < 4.78 is 1.91. The van der Waals surface area contributed by atoms with Gasteiger partial charge in [-0.3, -0.25) is 0 Å². The van der Waals surface area contributed by atoms with Crippen molar-refractivity contribution in [1.82, 2.24) is 14.8 Å². The summed E-state index contributed by atoms with van der Waals surface area (Å²) in [7, 11) is 0. The summed E-state index contributed by atoms with van der Waals surface area (Å²) in [5.41, 5.74) is 6.32. The zero-order valence-electron chi connectivity index (χ0n) is 15.6. The van der Waals surface area contributed by atoms with E-state index in [0.29, 0.717) is 10.6 Å². The lowest BCUT2D eigenvalue weighted by molar-refractivity contribution is 0.833. The minimum absolute atomic E-state index is 0.547. The minimum atomic E-state index is 0.547. The molecule has 136 valence electrons. The van der Waals surface area contributed by atoms with Gasteiger partial charge in [0.25, 0.3) is 0 Å². The Morgan fingerprint density at radius 3 is 2.39 bits per heavy atom. The number of nitrogens with zero attached hydrogens (tertiary/aromatic N) is 4. The number of nitriles is 1. The van der Waals surface area contributed by atoms with Crippen molar-refractivity contribution in [2.45, 2.75) is 13.8 Å². The maximum atomic E-state index is 9.75. The predicted octanol–water partition coefficient (Wildman–Crippen LogP) is 5.68. The second-order valence-electron chi connectivity index (χ2n) is 6.41. The van der Waals surface area contributed by atoms with Gasteiger partial charge in [0.05, 0.1) is 22.6 Å². The fraction of sp³-hybridized carbons (Fsp3) is 0.0870. The van der Waals surface area contributed by atoms with Crippen LogP contribution in [0.4, 0.5) is 0 Å². The number of hydrogen-bond acceptors (Lipinski definition) is 4. The van der Waals surface area contributed by atoms with Crippen LogP contribution in [0, 0.1) is 25.2 Å². The van der Waals surface area contributed by atoms with Gasteiger partial charge < -0.3 is 0 Å². The van der Waals surface area contributed by atoms with E-state index in [1.807, 2.05) is 90.6 Å². The van der Waals surface area contributed by atoms with Crippen LogP contribution in [0.2, 0.25) is 0 Å². The lowest BCUT2D eigenvalue weighted by Gasteiger charge is -2.03. The first kappa shape index (κ1) is 17.9. The first-order valence-electron chi connectivity index (χ1n) is 8.92. The Labute approximate surface area is 168 Å². The molecule has 0 radical (unpaired) electrons. The molecule has 0 aliphatic rings. The molecule has 4 nitrogen and oxygen atoms in total. The highest BCUT2D eigenvalue weighted by molar-refractivity contribution is 7.11. The Balaban J connectivity index is 1.73. The van der Waals surface area contributed by atoms with Crippen molar-refractivity contribution in [3.05, 3.63) is 88.0 Å². The van der Waals surface area contributed by atoms with E-state index in [4.69, 9.17) is 0 Å². The molecule has 2 aromatic heterocycles. The van der Waals surface area contributed by atoms with Crippen LogP contribution < -0.4 is 0 Å². The largest absolute Gasteiger partial charge is 0.237 e. The van der Waals surface area contributed by atoms with Gasteiger partial charge in [0.2, 0.25) is 0 Å². The Hall–Kier alpha value is -3.49. The van der Waals surface area contributed by atoms with Crippen molar-refractivity contribution >= 4 is 23.0 Å². The lowest BCUT2D eigenvalue weighted by Crippen LogP contribution is -1.98. The second kappa shape index (κ2) is 7.63. The number of para-hydroxylation sites is 1. The zero-order chi connectivity index (χ0) is 19.5. The van der Waals surface area contributed by atoms with Crippen LogP contribution in [-0.2, 0) is 0 Å². The molecule has 28 heavy (non-hydrogen) atoms. The Kier molecular flexibility index (Phi) is 4.88. The number of allylic oxidation sites excluding steroid dienone is 1. The number of aromatic nitrogens is 3. The summed E-state index contributed by atoms with van der Waals surface area (Å²) in [5, 5.41) is 17.1. The molecule has 0 aliphatic carbocycles. The van der Waals surface area contributed by atoms with Crippen LogP contribution in [0.25, 0.3) is 28.6 Å². The Bertz CT molecular complexity index is 1180. The molecule has 2 aromatic carbocycles. The maximum absolute atomic E-state index is 9.75. The van der Waals surface area contributed by atoms with Gasteiger partial charge >= 0.3 is 0 Å². The van der Waals surface area contributed by atoms with Crippen molar-refractivity contribution in [2.75, 3.05) is 0 Å². The summed E-state index contributed by atoms with van der Waals surface area (Å²) in [6.07, 6.45) is 1.89. The molecule has 5 heteroatoms. The van der Waals surface area contributed by atoms with Crippen molar-refractivity contribution in [1.29, 1.82) is 5.26 Å². The molecule has 0 bridgehead atoms. The zero-order valence-corrected chi connectivity index (χ0v) is 16.4. The van der Waals surface area contributed by atoms with E-state index in [1.54, 1.807) is 0 Å². The summed E-state index contributed by atoms with van der Waals surface area (Å²) >= 11 is 1.48. The van der Waals surface area contributed by atoms with E-state index >= 15 is 0 Å². The molecule has 0 unspecified atom stereocenters. The summed E-state index contributed by atoms with van der Waals surface area (Å²) in [5.74, 6) is 0. The SMILES string of the molecule is Cc1nn(-c2ccccc2)c(C)c1/C=C(\C#N)c1nc(-c2ccccc2)cs1. The highest BCUT2D eigenvalue weighted by atomic mass is 32.1. The summed E-state index contributed by atoms with van der Waals surface area (Å²) in [6, 6.07) is 22.3. The smallest absolute Gasteiger partial charge is 0.134 e. The molecule has 0 aliphatic heterocycles. The van der Waals surface area contributed by atoms with E-state index in [0.717, 1.165) is 33.9 Å². The van der Waals surface area contributed by atoms with Crippen LogP contribution in [0.3, 0.4) is 0 Å². The molecule has 4 rings (SSSR count). The van der Waals surface area contributed by atoms with E-state index in [9.17, 15) is 5.26 Å². The van der Waals surface area contributed by atoms with Gasteiger partial charge in [-0.2, -0.15) is 10.4 Å². The number of benzene rings is 2. The maximum Gasteiger partial charge on any atom is 0.134 e. The van der Waals surface area contributed by atoms with E-state index in [-0.39, 0.29) is 0 Å². The molecule has 0 atom stereocenters. The van der Waals surface area contributed by atoms with Crippen molar-refractivity contribution < 1.29 is 0 Å². The molecule has 2 heterocycles. The molecule has 0 saturated heterocycles. The summed E-state index contributed by atoms with van der Waals surface area (Å²) in [4.78, 5) is 4.67. The van der Waals surface area contributed by atoms with Crippen molar-refractivity contribution in [3.8, 4) is 23.0 Å². The third kappa shape index (κ3) is 3.38. The quantitative estimate of drug-likeness (QED) is 0.427. The first-order chi connectivity index (χ1) is 13.7. The Morgan fingerprint density at radius 1 is 1.04 bits per heavy atom. The average molecular weight is 382 g/mol. The third-order valence-electron chi connectivity index (χ3n) is 4.56. The van der Waals surface area contributed by atoms with Crippen molar-refractivity contribution in [2.24, 2.45) is 0 Å². The molecule has 0 fully saturated rings. The van der Waals surface area contributed by atoms with Gasteiger partial charge in [0.15, 0.2) is 0 Å². The topological polar surface area (TPSA) is 54.5 Å². The highest BCUT2D eigenvalue weighted by Gasteiger charge is 2.14. The van der Waals surface area contributed by atoms with Crippen LogP contribution >= 0.6 is 11.3 Å². The molecule has 0 N–H and O–H groups in total. The average Bonchev–Trinajstić information content (AvgIpc) is 3.33. The standard InChI is InChI=1S/C23H18N4S/c1-16-21(17(2)27(26-16)20-11-7-4-8-12-20)13-19(14-24)23-25-22(15-28-23)18-9-5-3-6-10-18/h3-13,15H,1-2H3/b19-13+. The van der Waals surface area contributed by atoms with Gasteiger partial charge in [-0.1, -0.05) is 48.5 Å². The van der Waals surface area contributed by atoms with Gasteiger partial charge in [-0.05, 0) is 32.1 Å².